The number of hydrogen-bond donors (Lipinski definition) is 0. The molecule has 0 saturated heterocycles. The van der Waals surface area contributed by atoms with Crippen molar-refractivity contribution in [1.29, 1.82) is 0 Å². The van der Waals surface area contributed by atoms with Crippen LogP contribution in [0, 0.1) is 6.92 Å². The maximum absolute atomic E-state index is 2.08. The summed E-state index contributed by atoms with van der Waals surface area (Å²) in [5, 5.41) is 0. The van der Waals surface area contributed by atoms with Gasteiger partial charge in [0, 0.05) is 21.7 Å². The molecule has 0 aliphatic rings. The summed E-state index contributed by atoms with van der Waals surface area (Å²) in [5.41, 5.74) is 1.32. The average Bonchev–Trinajstić information content (AvgIpc) is 1.69. The molecule has 0 saturated carbocycles. The van der Waals surface area contributed by atoms with Crippen LogP contribution in [0.4, 0.5) is 0 Å². The molecular weight excluding hydrogens is 132 g/mol. The van der Waals surface area contributed by atoms with Crippen LogP contribution in [0.3, 0.4) is 0 Å². The van der Waals surface area contributed by atoms with Crippen molar-refractivity contribution in [3.63, 3.8) is 0 Å². The van der Waals surface area contributed by atoms with Crippen molar-refractivity contribution >= 4 is 0 Å². The van der Waals surface area contributed by atoms with Crippen molar-refractivity contribution in [2.24, 2.45) is 0 Å². The minimum absolute atomic E-state index is 0. The van der Waals surface area contributed by atoms with E-state index in [0.29, 0.717) is 0 Å². The topological polar surface area (TPSA) is 0 Å². The molecule has 0 spiro atoms. The summed E-state index contributed by atoms with van der Waals surface area (Å²) in [4.78, 5) is 0. The molecule has 1 aromatic rings. The Morgan fingerprint density at radius 2 is 1.50 bits per heavy atom. The van der Waals surface area contributed by atoms with Crippen molar-refractivity contribution < 1.29 is 21.7 Å². The van der Waals surface area contributed by atoms with E-state index in [1.165, 1.54) is 5.56 Å². The predicted octanol–water partition coefficient (Wildman–Crippen LogP) is 1.99. The molecular formula is C7H8Ti. The monoisotopic (exact) mass is 140 g/mol. The Labute approximate surface area is 64.8 Å². The van der Waals surface area contributed by atoms with Gasteiger partial charge in [-0.15, -0.1) is 0 Å². The van der Waals surface area contributed by atoms with E-state index in [2.05, 4.69) is 19.1 Å². The Morgan fingerprint density at radius 3 is 1.75 bits per heavy atom. The van der Waals surface area contributed by atoms with Crippen LogP contribution in [0.1, 0.15) is 5.56 Å². The van der Waals surface area contributed by atoms with Crippen molar-refractivity contribution in [1.82, 2.24) is 0 Å². The van der Waals surface area contributed by atoms with Crippen LogP contribution in [0.2, 0.25) is 0 Å². The van der Waals surface area contributed by atoms with Crippen molar-refractivity contribution in [2.45, 2.75) is 6.92 Å². The number of hydrogen-bond acceptors (Lipinski definition) is 0. The molecule has 0 fully saturated rings. The molecule has 1 rings (SSSR count). The first-order valence-electron chi connectivity index (χ1n) is 2.41. The van der Waals surface area contributed by atoms with E-state index >= 15 is 0 Å². The maximum Gasteiger partial charge on any atom is 0 e. The molecule has 8 heavy (non-hydrogen) atoms. The van der Waals surface area contributed by atoms with Gasteiger partial charge in [-0.3, -0.25) is 0 Å². The molecule has 0 bridgehead atoms. The second-order valence-corrected chi connectivity index (χ2v) is 1.65. The standard InChI is InChI=1S/C7H8.Ti/c1-7-5-3-2-4-6-7;/h2-6H,1H3;. The van der Waals surface area contributed by atoms with Gasteiger partial charge in [-0.25, -0.2) is 0 Å². The largest absolute Gasteiger partial charge is 0.0622 e. The Bertz CT molecular complexity index is 134. The van der Waals surface area contributed by atoms with E-state index in [-0.39, 0.29) is 21.7 Å². The maximum atomic E-state index is 2.08. The second kappa shape index (κ2) is 3.88. The van der Waals surface area contributed by atoms with E-state index < -0.39 is 0 Å². The summed E-state index contributed by atoms with van der Waals surface area (Å²) >= 11 is 0. The molecule has 0 radical (unpaired) electrons. The van der Waals surface area contributed by atoms with Crippen LogP contribution in [0.25, 0.3) is 0 Å². The van der Waals surface area contributed by atoms with E-state index in [4.69, 9.17) is 0 Å². The van der Waals surface area contributed by atoms with Crippen LogP contribution in [-0.4, -0.2) is 0 Å². The van der Waals surface area contributed by atoms with Crippen LogP contribution in [0.5, 0.6) is 0 Å². The normalized spacial score (nSPS) is 7.62. The summed E-state index contributed by atoms with van der Waals surface area (Å²) in [6.07, 6.45) is 0. The van der Waals surface area contributed by atoms with Crippen molar-refractivity contribution in [3.8, 4) is 0 Å². The zero-order chi connectivity index (χ0) is 5.11. The molecule has 0 amide bonds. The molecule has 0 nitrogen and oxygen atoms in total. The number of rotatable bonds is 0. The van der Waals surface area contributed by atoms with Crippen LogP contribution in [-0.2, 0) is 21.7 Å². The van der Waals surface area contributed by atoms with Crippen LogP contribution in [0.15, 0.2) is 30.3 Å². The quantitative estimate of drug-likeness (QED) is 0.483. The second-order valence-electron chi connectivity index (χ2n) is 1.65. The van der Waals surface area contributed by atoms with Gasteiger partial charge in [0.15, 0.2) is 0 Å². The molecule has 0 heterocycles. The SMILES string of the molecule is Cc1ccccc1.[Ti]. The Balaban J connectivity index is 0.000000490. The third-order valence-corrected chi connectivity index (χ3v) is 0.940. The first kappa shape index (κ1) is 7.93. The van der Waals surface area contributed by atoms with Gasteiger partial charge in [-0.1, -0.05) is 35.9 Å². The van der Waals surface area contributed by atoms with Crippen molar-refractivity contribution in [2.75, 3.05) is 0 Å². The molecule has 0 atom stereocenters. The molecule has 0 aromatic heterocycles. The molecule has 0 unspecified atom stereocenters. The fraction of sp³-hybridized carbons (Fsp3) is 0.143. The fourth-order valence-electron chi connectivity index (χ4n) is 0.534. The van der Waals surface area contributed by atoms with Gasteiger partial charge in [0.05, 0.1) is 0 Å². The van der Waals surface area contributed by atoms with Gasteiger partial charge in [0.25, 0.3) is 0 Å². The molecule has 1 aromatic carbocycles. The Kier molecular flexibility index (Phi) is 3.85. The molecule has 0 aliphatic heterocycles. The molecule has 40 valence electrons. The average molecular weight is 140 g/mol. The van der Waals surface area contributed by atoms with Gasteiger partial charge in [-0.2, -0.15) is 0 Å². The van der Waals surface area contributed by atoms with E-state index in [1.54, 1.807) is 0 Å². The zero-order valence-electron chi connectivity index (χ0n) is 4.89. The minimum Gasteiger partial charge on any atom is -0.0622 e. The summed E-state index contributed by atoms with van der Waals surface area (Å²) in [6.45, 7) is 2.08. The van der Waals surface area contributed by atoms with Gasteiger partial charge < -0.3 is 0 Å². The predicted molar refractivity (Wildman–Crippen MR) is 31.2 cm³/mol. The van der Waals surface area contributed by atoms with E-state index in [1.807, 2.05) is 18.2 Å². The first-order valence-corrected chi connectivity index (χ1v) is 2.41. The molecule has 1 heteroatoms. The summed E-state index contributed by atoms with van der Waals surface area (Å²) in [7, 11) is 0. The molecule has 0 aliphatic carbocycles. The van der Waals surface area contributed by atoms with Crippen LogP contribution >= 0.6 is 0 Å². The van der Waals surface area contributed by atoms with Gasteiger partial charge >= 0.3 is 0 Å². The van der Waals surface area contributed by atoms with E-state index in [0.717, 1.165) is 0 Å². The van der Waals surface area contributed by atoms with Crippen LogP contribution < -0.4 is 0 Å². The third-order valence-electron chi connectivity index (χ3n) is 0.940. The smallest absolute Gasteiger partial charge is 0 e. The Morgan fingerprint density at radius 1 is 1.00 bits per heavy atom. The summed E-state index contributed by atoms with van der Waals surface area (Å²) < 4.78 is 0. The van der Waals surface area contributed by atoms with Gasteiger partial charge in [0.1, 0.15) is 0 Å². The number of benzene rings is 1. The fourth-order valence-corrected chi connectivity index (χ4v) is 0.534. The zero-order valence-corrected chi connectivity index (χ0v) is 6.45. The Hall–Kier alpha value is -0.0657. The molecule has 0 N–H and O–H groups in total. The first-order chi connectivity index (χ1) is 3.39. The third kappa shape index (κ3) is 2.30. The minimum atomic E-state index is 0. The van der Waals surface area contributed by atoms with Gasteiger partial charge in [0.2, 0.25) is 0 Å². The van der Waals surface area contributed by atoms with Gasteiger partial charge in [-0.05, 0) is 6.92 Å². The van der Waals surface area contributed by atoms with E-state index in [9.17, 15) is 0 Å². The van der Waals surface area contributed by atoms with Crippen molar-refractivity contribution in [3.05, 3.63) is 35.9 Å². The summed E-state index contributed by atoms with van der Waals surface area (Å²) in [5.74, 6) is 0. The number of aryl methyl sites for hydroxylation is 1. The summed E-state index contributed by atoms with van der Waals surface area (Å²) in [6, 6.07) is 10.3.